The van der Waals surface area contributed by atoms with Gasteiger partial charge in [-0.3, -0.25) is 4.79 Å². The smallest absolute Gasteiger partial charge is 0.257 e. The summed E-state index contributed by atoms with van der Waals surface area (Å²) in [5, 5.41) is 5.83. The summed E-state index contributed by atoms with van der Waals surface area (Å²) in [4.78, 5) is 11.6. The Balaban J connectivity index is 2.41. The standard InChI is InChI=1S/C14H22N2O3/c1-4-18-12-7-5-6-8-13(12)19-10-14(17)16-9-11(2)15-3/h5-8,11,15H,4,9-10H2,1-3H3,(H,16,17). The highest BCUT2D eigenvalue weighted by Gasteiger charge is 2.07. The van der Waals surface area contributed by atoms with Crippen molar-refractivity contribution in [1.29, 1.82) is 0 Å². The Morgan fingerprint density at radius 3 is 2.47 bits per heavy atom. The molecule has 5 heteroatoms. The topological polar surface area (TPSA) is 59.6 Å². The molecule has 0 fully saturated rings. The highest BCUT2D eigenvalue weighted by Crippen LogP contribution is 2.26. The van der Waals surface area contributed by atoms with Crippen LogP contribution in [0.4, 0.5) is 0 Å². The number of carbonyl (C=O) groups excluding carboxylic acids is 1. The first-order valence-corrected chi connectivity index (χ1v) is 6.46. The van der Waals surface area contributed by atoms with Gasteiger partial charge in [0.1, 0.15) is 0 Å². The van der Waals surface area contributed by atoms with Crippen LogP contribution in [0.2, 0.25) is 0 Å². The van der Waals surface area contributed by atoms with Gasteiger partial charge in [-0.05, 0) is 33.0 Å². The molecule has 0 heterocycles. The summed E-state index contributed by atoms with van der Waals surface area (Å²) in [5.74, 6) is 1.09. The van der Waals surface area contributed by atoms with Gasteiger partial charge in [0.2, 0.25) is 0 Å². The first kappa shape index (κ1) is 15.3. The Bertz CT molecular complexity index is 396. The minimum absolute atomic E-state index is 0.0134. The van der Waals surface area contributed by atoms with Gasteiger partial charge in [0.05, 0.1) is 6.61 Å². The van der Waals surface area contributed by atoms with Gasteiger partial charge in [-0.25, -0.2) is 0 Å². The van der Waals surface area contributed by atoms with Crippen LogP contribution in [0.25, 0.3) is 0 Å². The lowest BCUT2D eigenvalue weighted by molar-refractivity contribution is -0.123. The lowest BCUT2D eigenvalue weighted by atomic mass is 10.3. The van der Waals surface area contributed by atoms with Gasteiger partial charge in [-0.15, -0.1) is 0 Å². The van der Waals surface area contributed by atoms with Crippen LogP contribution in [0.1, 0.15) is 13.8 Å². The summed E-state index contributed by atoms with van der Waals surface area (Å²) in [6, 6.07) is 7.55. The third kappa shape index (κ3) is 5.61. The molecule has 0 radical (unpaired) electrons. The van der Waals surface area contributed by atoms with Crippen LogP contribution in [0, 0.1) is 0 Å². The molecule has 19 heavy (non-hydrogen) atoms. The molecule has 5 nitrogen and oxygen atoms in total. The fraction of sp³-hybridized carbons (Fsp3) is 0.500. The molecular formula is C14H22N2O3. The van der Waals surface area contributed by atoms with E-state index in [1.165, 1.54) is 0 Å². The monoisotopic (exact) mass is 266 g/mol. The van der Waals surface area contributed by atoms with E-state index >= 15 is 0 Å². The highest BCUT2D eigenvalue weighted by molar-refractivity contribution is 5.77. The lowest BCUT2D eigenvalue weighted by Gasteiger charge is -2.13. The summed E-state index contributed by atoms with van der Waals surface area (Å²) < 4.78 is 10.9. The molecule has 2 N–H and O–H groups in total. The molecule has 1 rings (SSSR count). The van der Waals surface area contributed by atoms with Gasteiger partial charge >= 0.3 is 0 Å². The van der Waals surface area contributed by atoms with E-state index in [1.807, 2.05) is 39.1 Å². The van der Waals surface area contributed by atoms with Crippen LogP contribution in [0.15, 0.2) is 24.3 Å². The molecule has 0 spiro atoms. The summed E-state index contributed by atoms with van der Waals surface area (Å²) in [6.07, 6.45) is 0. The average Bonchev–Trinajstić information content (AvgIpc) is 2.44. The van der Waals surface area contributed by atoms with Crippen molar-refractivity contribution in [3.8, 4) is 11.5 Å². The van der Waals surface area contributed by atoms with E-state index in [9.17, 15) is 4.79 Å². The predicted octanol–water partition coefficient (Wildman–Crippen LogP) is 1.19. The molecule has 0 aliphatic heterocycles. The average molecular weight is 266 g/mol. The third-order valence-corrected chi connectivity index (χ3v) is 2.61. The second-order valence-electron chi connectivity index (χ2n) is 4.16. The van der Waals surface area contributed by atoms with Gasteiger partial charge in [0, 0.05) is 12.6 Å². The molecule has 0 saturated heterocycles. The Hall–Kier alpha value is -1.75. The number of hydrogen-bond acceptors (Lipinski definition) is 4. The maximum atomic E-state index is 11.6. The van der Waals surface area contributed by atoms with Crippen molar-refractivity contribution < 1.29 is 14.3 Å². The van der Waals surface area contributed by atoms with Gasteiger partial charge in [-0.1, -0.05) is 12.1 Å². The molecule has 106 valence electrons. The minimum Gasteiger partial charge on any atom is -0.490 e. The SMILES string of the molecule is CCOc1ccccc1OCC(=O)NCC(C)NC. The summed E-state index contributed by atoms with van der Waals surface area (Å²) >= 11 is 0. The zero-order chi connectivity index (χ0) is 14.1. The van der Waals surface area contributed by atoms with Gasteiger partial charge in [0.25, 0.3) is 5.91 Å². The van der Waals surface area contributed by atoms with Crippen molar-refractivity contribution in [2.45, 2.75) is 19.9 Å². The molecule has 1 aromatic rings. The molecule has 0 aromatic heterocycles. The van der Waals surface area contributed by atoms with E-state index in [-0.39, 0.29) is 18.6 Å². The van der Waals surface area contributed by atoms with Gasteiger partial charge < -0.3 is 20.1 Å². The van der Waals surface area contributed by atoms with Crippen LogP contribution in [-0.4, -0.2) is 38.8 Å². The van der Waals surface area contributed by atoms with Crippen molar-refractivity contribution in [2.24, 2.45) is 0 Å². The number of likely N-dealkylation sites (N-methyl/N-ethyl adjacent to an activating group) is 1. The Morgan fingerprint density at radius 2 is 1.89 bits per heavy atom. The van der Waals surface area contributed by atoms with Gasteiger partial charge in [0.15, 0.2) is 18.1 Å². The zero-order valence-corrected chi connectivity index (χ0v) is 11.7. The number of rotatable bonds is 8. The number of benzene rings is 1. The minimum atomic E-state index is -0.145. The van der Waals surface area contributed by atoms with E-state index < -0.39 is 0 Å². The van der Waals surface area contributed by atoms with Crippen molar-refractivity contribution in [1.82, 2.24) is 10.6 Å². The predicted molar refractivity (Wildman–Crippen MR) is 74.6 cm³/mol. The molecule has 1 unspecified atom stereocenters. The van der Waals surface area contributed by atoms with E-state index in [1.54, 1.807) is 6.07 Å². The number of para-hydroxylation sites is 2. The quantitative estimate of drug-likeness (QED) is 0.742. The van der Waals surface area contributed by atoms with Crippen LogP contribution >= 0.6 is 0 Å². The zero-order valence-electron chi connectivity index (χ0n) is 11.7. The maximum absolute atomic E-state index is 11.6. The number of hydrogen-bond donors (Lipinski definition) is 2. The maximum Gasteiger partial charge on any atom is 0.257 e. The molecular weight excluding hydrogens is 244 g/mol. The van der Waals surface area contributed by atoms with E-state index in [0.717, 1.165) is 0 Å². The van der Waals surface area contributed by atoms with Crippen molar-refractivity contribution in [3.05, 3.63) is 24.3 Å². The fourth-order valence-electron chi connectivity index (χ4n) is 1.41. The van der Waals surface area contributed by atoms with Crippen LogP contribution < -0.4 is 20.1 Å². The Kier molecular flexibility index (Phi) is 6.74. The molecule has 0 aliphatic carbocycles. The molecule has 1 amide bonds. The van der Waals surface area contributed by atoms with Crippen LogP contribution in [-0.2, 0) is 4.79 Å². The Morgan fingerprint density at radius 1 is 1.26 bits per heavy atom. The molecule has 1 atom stereocenters. The third-order valence-electron chi connectivity index (χ3n) is 2.61. The summed E-state index contributed by atoms with van der Waals surface area (Å²) in [7, 11) is 1.85. The second-order valence-corrected chi connectivity index (χ2v) is 4.16. The van der Waals surface area contributed by atoms with Crippen molar-refractivity contribution in [3.63, 3.8) is 0 Å². The number of ether oxygens (including phenoxy) is 2. The van der Waals surface area contributed by atoms with Crippen LogP contribution in [0.3, 0.4) is 0 Å². The highest BCUT2D eigenvalue weighted by atomic mass is 16.5. The lowest BCUT2D eigenvalue weighted by Crippen LogP contribution is -2.39. The second kappa shape index (κ2) is 8.37. The fourth-order valence-corrected chi connectivity index (χ4v) is 1.41. The number of carbonyl (C=O) groups is 1. The molecule has 0 saturated carbocycles. The first-order valence-electron chi connectivity index (χ1n) is 6.46. The molecule has 0 bridgehead atoms. The summed E-state index contributed by atoms with van der Waals surface area (Å²) in [6.45, 7) is 5.02. The molecule has 1 aromatic carbocycles. The van der Waals surface area contributed by atoms with E-state index in [0.29, 0.717) is 24.7 Å². The normalized spacial score (nSPS) is 11.7. The van der Waals surface area contributed by atoms with E-state index in [2.05, 4.69) is 10.6 Å². The largest absolute Gasteiger partial charge is 0.490 e. The number of nitrogens with one attached hydrogen (secondary N) is 2. The van der Waals surface area contributed by atoms with Crippen molar-refractivity contribution in [2.75, 3.05) is 26.8 Å². The molecule has 0 aliphatic rings. The number of amides is 1. The van der Waals surface area contributed by atoms with E-state index in [4.69, 9.17) is 9.47 Å². The Labute approximate surface area is 114 Å². The first-order chi connectivity index (χ1) is 9.17. The van der Waals surface area contributed by atoms with Crippen LogP contribution in [0.5, 0.6) is 11.5 Å². The summed E-state index contributed by atoms with van der Waals surface area (Å²) in [5.41, 5.74) is 0. The van der Waals surface area contributed by atoms with Gasteiger partial charge in [-0.2, -0.15) is 0 Å². The van der Waals surface area contributed by atoms with Crippen molar-refractivity contribution >= 4 is 5.91 Å².